The minimum Gasteiger partial charge on any atom is -0.299 e. The first-order valence-corrected chi connectivity index (χ1v) is 4.56. The number of rotatable bonds is 4. The maximum Gasteiger partial charge on any atom is 0.135 e. The van der Waals surface area contributed by atoms with Crippen LogP contribution in [-0.4, -0.2) is 5.78 Å². The molecule has 1 rings (SSSR count). The Bertz CT molecular complexity index is 154. The number of hydrogen-bond acceptors (Lipinski definition) is 1. The first kappa shape index (κ1) is 8.76. The molecule has 0 radical (unpaired) electrons. The van der Waals surface area contributed by atoms with Crippen molar-refractivity contribution in [2.75, 3.05) is 0 Å². The van der Waals surface area contributed by atoms with Gasteiger partial charge in [-0.25, -0.2) is 0 Å². The lowest BCUT2D eigenvalue weighted by Crippen LogP contribution is -2.08. The molecule has 1 heteroatoms. The molecule has 0 bridgehead atoms. The zero-order chi connectivity index (χ0) is 8.48. The Balaban J connectivity index is 2.16. The van der Waals surface area contributed by atoms with Crippen LogP contribution in [0.1, 0.15) is 46.5 Å². The Morgan fingerprint density at radius 2 is 2.00 bits per heavy atom. The number of ketones is 1. The molecule has 0 aliphatic heterocycles. The molecule has 1 aliphatic carbocycles. The Morgan fingerprint density at radius 1 is 1.45 bits per heavy atom. The molecular weight excluding hydrogens is 136 g/mol. The third kappa shape index (κ3) is 2.64. The molecule has 0 heterocycles. The van der Waals surface area contributed by atoms with Gasteiger partial charge in [0.25, 0.3) is 0 Å². The fraction of sp³-hybridized carbons (Fsp3) is 0.900. The van der Waals surface area contributed by atoms with Crippen LogP contribution in [-0.2, 0) is 4.79 Å². The van der Waals surface area contributed by atoms with Crippen molar-refractivity contribution >= 4 is 5.78 Å². The number of carbonyl (C=O) groups excluding carboxylic acids is 1. The van der Waals surface area contributed by atoms with Gasteiger partial charge in [-0.2, -0.15) is 0 Å². The third-order valence-electron chi connectivity index (χ3n) is 2.72. The predicted octanol–water partition coefficient (Wildman–Crippen LogP) is 2.79. The first-order valence-electron chi connectivity index (χ1n) is 4.56. The highest BCUT2D eigenvalue weighted by Crippen LogP contribution is 2.48. The Hall–Kier alpha value is -0.330. The van der Waals surface area contributed by atoms with Gasteiger partial charge in [0.15, 0.2) is 0 Å². The van der Waals surface area contributed by atoms with Crippen molar-refractivity contribution in [1.82, 2.24) is 0 Å². The summed E-state index contributed by atoms with van der Waals surface area (Å²) in [7, 11) is 0. The van der Waals surface area contributed by atoms with Crippen molar-refractivity contribution < 1.29 is 4.79 Å². The van der Waals surface area contributed by atoms with E-state index in [0.717, 1.165) is 12.8 Å². The molecular formula is C10H18O. The van der Waals surface area contributed by atoms with Crippen molar-refractivity contribution in [1.29, 1.82) is 0 Å². The fourth-order valence-corrected chi connectivity index (χ4v) is 1.18. The van der Waals surface area contributed by atoms with Crippen LogP contribution in [0, 0.1) is 11.3 Å². The van der Waals surface area contributed by atoms with Gasteiger partial charge in [0.1, 0.15) is 5.78 Å². The smallest absolute Gasteiger partial charge is 0.135 e. The summed E-state index contributed by atoms with van der Waals surface area (Å²) >= 11 is 0. The lowest BCUT2D eigenvalue weighted by molar-refractivity contribution is -0.122. The van der Waals surface area contributed by atoms with Gasteiger partial charge in [-0.1, -0.05) is 20.8 Å². The van der Waals surface area contributed by atoms with E-state index in [1.807, 2.05) is 13.8 Å². The summed E-state index contributed by atoms with van der Waals surface area (Å²) in [6.07, 6.45) is 4.58. The molecule has 64 valence electrons. The van der Waals surface area contributed by atoms with Crippen LogP contribution in [0.25, 0.3) is 0 Å². The van der Waals surface area contributed by atoms with Gasteiger partial charge in [-0.05, 0) is 24.7 Å². The summed E-state index contributed by atoms with van der Waals surface area (Å²) < 4.78 is 0. The largest absolute Gasteiger partial charge is 0.299 e. The molecule has 1 nitrogen and oxygen atoms in total. The summed E-state index contributed by atoms with van der Waals surface area (Å²) in [5.74, 6) is 0.662. The Kier molecular flexibility index (Phi) is 2.36. The van der Waals surface area contributed by atoms with Gasteiger partial charge < -0.3 is 0 Å². The lowest BCUT2D eigenvalue weighted by atomic mass is 9.97. The van der Waals surface area contributed by atoms with Crippen LogP contribution in [0.2, 0.25) is 0 Å². The zero-order valence-electron chi connectivity index (χ0n) is 7.81. The van der Waals surface area contributed by atoms with Crippen LogP contribution in [0.4, 0.5) is 0 Å². The molecule has 0 aromatic carbocycles. The molecule has 0 unspecified atom stereocenters. The lowest BCUT2D eigenvalue weighted by Gasteiger charge is -2.07. The molecule has 0 amide bonds. The van der Waals surface area contributed by atoms with Gasteiger partial charge in [-0.15, -0.1) is 0 Å². The summed E-state index contributed by atoms with van der Waals surface area (Å²) in [6.45, 7) is 6.25. The van der Waals surface area contributed by atoms with E-state index in [4.69, 9.17) is 0 Å². The van der Waals surface area contributed by atoms with E-state index in [1.54, 1.807) is 0 Å². The van der Waals surface area contributed by atoms with Gasteiger partial charge in [0.05, 0.1) is 0 Å². The van der Waals surface area contributed by atoms with E-state index >= 15 is 0 Å². The van der Waals surface area contributed by atoms with Crippen molar-refractivity contribution in [2.45, 2.75) is 46.5 Å². The Morgan fingerprint density at radius 3 is 2.36 bits per heavy atom. The standard InChI is InChI=1S/C10H18O/c1-8(2)9(11)4-5-10(3)6-7-10/h8H,4-7H2,1-3H3. The second-order valence-corrected chi connectivity index (χ2v) is 4.43. The average Bonchev–Trinajstić information content (AvgIpc) is 2.64. The second-order valence-electron chi connectivity index (χ2n) is 4.43. The van der Waals surface area contributed by atoms with Crippen LogP contribution < -0.4 is 0 Å². The molecule has 0 atom stereocenters. The van der Waals surface area contributed by atoms with Crippen LogP contribution in [0.5, 0.6) is 0 Å². The molecule has 1 saturated carbocycles. The van der Waals surface area contributed by atoms with Gasteiger partial charge in [0, 0.05) is 12.3 Å². The van der Waals surface area contributed by atoms with E-state index < -0.39 is 0 Å². The summed E-state index contributed by atoms with van der Waals surface area (Å²) in [4.78, 5) is 11.2. The molecule has 0 aromatic heterocycles. The van der Waals surface area contributed by atoms with Crippen LogP contribution in [0.15, 0.2) is 0 Å². The van der Waals surface area contributed by atoms with E-state index in [-0.39, 0.29) is 5.92 Å². The van der Waals surface area contributed by atoms with Crippen LogP contribution >= 0.6 is 0 Å². The maximum absolute atomic E-state index is 11.2. The van der Waals surface area contributed by atoms with E-state index in [2.05, 4.69) is 6.92 Å². The van der Waals surface area contributed by atoms with Crippen LogP contribution in [0.3, 0.4) is 0 Å². The highest BCUT2D eigenvalue weighted by atomic mass is 16.1. The van der Waals surface area contributed by atoms with E-state index in [1.165, 1.54) is 12.8 Å². The molecule has 0 saturated heterocycles. The van der Waals surface area contributed by atoms with Crippen molar-refractivity contribution in [3.05, 3.63) is 0 Å². The second kappa shape index (κ2) is 2.96. The molecule has 0 aromatic rings. The predicted molar refractivity (Wildman–Crippen MR) is 46.4 cm³/mol. The summed E-state index contributed by atoms with van der Waals surface area (Å²) in [6, 6.07) is 0. The highest BCUT2D eigenvalue weighted by molar-refractivity contribution is 5.80. The highest BCUT2D eigenvalue weighted by Gasteiger charge is 2.36. The maximum atomic E-state index is 11.2. The third-order valence-corrected chi connectivity index (χ3v) is 2.72. The molecule has 11 heavy (non-hydrogen) atoms. The molecule has 0 N–H and O–H groups in total. The van der Waals surface area contributed by atoms with E-state index in [9.17, 15) is 4.79 Å². The van der Waals surface area contributed by atoms with Crippen molar-refractivity contribution in [2.24, 2.45) is 11.3 Å². The molecule has 0 spiro atoms. The fourth-order valence-electron chi connectivity index (χ4n) is 1.18. The van der Waals surface area contributed by atoms with E-state index in [0.29, 0.717) is 11.2 Å². The minimum absolute atomic E-state index is 0.234. The normalized spacial score (nSPS) is 20.4. The Labute approximate surface area is 69.2 Å². The zero-order valence-corrected chi connectivity index (χ0v) is 7.81. The van der Waals surface area contributed by atoms with Gasteiger partial charge >= 0.3 is 0 Å². The van der Waals surface area contributed by atoms with Crippen molar-refractivity contribution in [3.63, 3.8) is 0 Å². The summed E-state index contributed by atoms with van der Waals surface area (Å²) in [5, 5.41) is 0. The number of hydrogen-bond donors (Lipinski definition) is 0. The van der Waals surface area contributed by atoms with Crippen molar-refractivity contribution in [3.8, 4) is 0 Å². The van der Waals surface area contributed by atoms with Gasteiger partial charge in [-0.3, -0.25) is 4.79 Å². The first-order chi connectivity index (χ1) is 5.03. The minimum atomic E-state index is 0.234. The number of Topliss-reactive ketones (excluding diaryl/α,β-unsaturated/α-hetero) is 1. The SMILES string of the molecule is CC(C)C(=O)CCC1(C)CC1. The van der Waals surface area contributed by atoms with Gasteiger partial charge in [0.2, 0.25) is 0 Å². The topological polar surface area (TPSA) is 17.1 Å². The quantitative estimate of drug-likeness (QED) is 0.608. The molecule has 1 aliphatic rings. The number of carbonyl (C=O) groups is 1. The monoisotopic (exact) mass is 154 g/mol. The summed E-state index contributed by atoms with van der Waals surface area (Å²) in [5.41, 5.74) is 0.546. The molecule has 1 fully saturated rings. The average molecular weight is 154 g/mol.